The van der Waals surface area contributed by atoms with Gasteiger partial charge >= 0.3 is 0 Å². The summed E-state index contributed by atoms with van der Waals surface area (Å²) in [6.45, 7) is 2.59. The van der Waals surface area contributed by atoms with Gasteiger partial charge in [-0.25, -0.2) is 4.39 Å². The maximum absolute atomic E-state index is 13.1. The molecule has 2 nitrogen and oxygen atoms in total. The minimum Gasteiger partial charge on any atom is -0.490 e. The summed E-state index contributed by atoms with van der Waals surface area (Å²) in [4.78, 5) is 0. The smallest absolute Gasteiger partial charge is 0.165 e. The van der Waals surface area contributed by atoms with E-state index in [0.29, 0.717) is 12.4 Å². The van der Waals surface area contributed by atoms with Crippen molar-refractivity contribution >= 4 is 11.8 Å². The molecule has 0 saturated heterocycles. The number of hydrogen-bond acceptors (Lipinski definition) is 3. The van der Waals surface area contributed by atoms with Crippen LogP contribution in [0.3, 0.4) is 0 Å². The minimum atomic E-state index is -0.308. The molecule has 1 aromatic rings. The van der Waals surface area contributed by atoms with Crippen molar-refractivity contribution in [3.8, 4) is 5.75 Å². The van der Waals surface area contributed by atoms with E-state index in [1.54, 1.807) is 30.0 Å². The lowest BCUT2D eigenvalue weighted by Crippen LogP contribution is -2.21. The van der Waals surface area contributed by atoms with Crippen LogP contribution in [0.25, 0.3) is 0 Å². The number of nitrogens with two attached hydrogens (primary N) is 1. The number of ether oxygens (including phenoxy) is 1. The Labute approximate surface area is 100 Å². The van der Waals surface area contributed by atoms with E-state index in [-0.39, 0.29) is 11.9 Å². The summed E-state index contributed by atoms with van der Waals surface area (Å²) in [6, 6.07) is 6.70. The van der Waals surface area contributed by atoms with Crippen molar-refractivity contribution in [2.45, 2.75) is 19.4 Å². The van der Waals surface area contributed by atoms with Gasteiger partial charge in [-0.1, -0.05) is 19.1 Å². The third-order valence-electron chi connectivity index (χ3n) is 2.18. The average Bonchev–Trinajstić information content (AvgIpc) is 2.30. The lowest BCUT2D eigenvalue weighted by Gasteiger charge is -2.09. The van der Waals surface area contributed by atoms with E-state index >= 15 is 0 Å². The highest BCUT2D eigenvalue weighted by atomic mass is 32.2. The first-order valence-corrected chi connectivity index (χ1v) is 6.60. The van der Waals surface area contributed by atoms with Crippen molar-refractivity contribution in [2.75, 3.05) is 18.1 Å². The van der Waals surface area contributed by atoms with E-state index in [2.05, 4.69) is 6.92 Å². The van der Waals surface area contributed by atoms with Crippen molar-refractivity contribution in [2.24, 2.45) is 5.73 Å². The maximum Gasteiger partial charge on any atom is 0.165 e. The maximum atomic E-state index is 13.1. The Hall–Kier alpha value is -0.740. The Balaban J connectivity index is 2.14. The topological polar surface area (TPSA) is 35.2 Å². The average molecular weight is 243 g/mol. The van der Waals surface area contributed by atoms with Crippen molar-refractivity contribution in [1.82, 2.24) is 0 Å². The van der Waals surface area contributed by atoms with Gasteiger partial charge in [-0.3, -0.25) is 0 Å². The van der Waals surface area contributed by atoms with Crippen LogP contribution >= 0.6 is 11.8 Å². The number of hydrogen-bond donors (Lipinski definition) is 1. The van der Waals surface area contributed by atoms with Gasteiger partial charge in [0.05, 0.1) is 6.61 Å². The lowest BCUT2D eigenvalue weighted by molar-refractivity contribution is 0.325. The van der Waals surface area contributed by atoms with Crippen molar-refractivity contribution in [3.05, 3.63) is 30.1 Å². The molecular weight excluding hydrogens is 225 g/mol. The number of halogens is 1. The Morgan fingerprint density at radius 3 is 2.88 bits per heavy atom. The summed E-state index contributed by atoms with van der Waals surface area (Å²) in [7, 11) is 0. The highest BCUT2D eigenvalue weighted by Gasteiger charge is 2.02. The third-order valence-corrected chi connectivity index (χ3v) is 3.30. The normalized spacial score (nSPS) is 12.4. The highest BCUT2D eigenvalue weighted by Crippen LogP contribution is 2.15. The van der Waals surface area contributed by atoms with Gasteiger partial charge in [0, 0.05) is 17.5 Å². The molecule has 2 N–H and O–H groups in total. The van der Waals surface area contributed by atoms with Gasteiger partial charge in [0.1, 0.15) is 0 Å². The molecule has 0 fully saturated rings. The fourth-order valence-electron chi connectivity index (χ4n) is 1.12. The monoisotopic (exact) mass is 243 g/mol. The molecule has 90 valence electrons. The number of benzene rings is 1. The molecule has 1 unspecified atom stereocenters. The molecule has 0 aromatic heterocycles. The molecule has 0 radical (unpaired) electrons. The van der Waals surface area contributed by atoms with E-state index in [0.717, 1.165) is 17.9 Å². The highest BCUT2D eigenvalue weighted by molar-refractivity contribution is 7.99. The molecular formula is C12H18FNOS. The van der Waals surface area contributed by atoms with Gasteiger partial charge < -0.3 is 10.5 Å². The Kier molecular flexibility index (Phi) is 6.26. The van der Waals surface area contributed by atoms with Gasteiger partial charge in [0.2, 0.25) is 0 Å². The molecule has 0 amide bonds. The van der Waals surface area contributed by atoms with Crippen molar-refractivity contribution < 1.29 is 9.13 Å². The zero-order chi connectivity index (χ0) is 11.8. The Morgan fingerprint density at radius 1 is 1.44 bits per heavy atom. The van der Waals surface area contributed by atoms with Crippen LogP contribution in [0.1, 0.15) is 13.3 Å². The largest absolute Gasteiger partial charge is 0.490 e. The van der Waals surface area contributed by atoms with E-state index in [9.17, 15) is 4.39 Å². The molecule has 0 heterocycles. The predicted molar refractivity (Wildman–Crippen MR) is 67.5 cm³/mol. The predicted octanol–water partition coefficient (Wildman–Crippen LogP) is 2.68. The first kappa shape index (κ1) is 13.3. The second kappa shape index (κ2) is 7.52. The molecule has 0 aliphatic carbocycles. The van der Waals surface area contributed by atoms with E-state index in [1.165, 1.54) is 6.07 Å². The van der Waals surface area contributed by atoms with Gasteiger partial charge in [-0.05, 0) is 18.6 Å². The number of thioether (sulfide) groups is 1. The standard InChI is InChI=1S/C12H18FNOS/c1-2-10(14)9-16-8-7-15-12-6-4-3-5-11(12)13/h3-6,10H,2,7-9,14H2,1H3. The molecule has 16 heavy (non-hydrogen) atoms. The fourth-order valence-corrected chi connectivity index (χ4v) is 2.03. The van der Waals surface area contributed by atoms with Crippen LogP contribution in [0.5, 0.6) is 5.75 Å². The zero-order valence-corrected chi connectivity index (χ0v) is 10.3. The van der Waals surface area contributed by atoms with Crippen LogP contribution in [0.2, 0.25) is 0 Å². The van der Waals surface area contributed by atoms with Crippen LogP contribution in [0, 0.1) is 5.82 Å². The molecule has 4 heteroatoms. The second-order valence-corrected chi connectivity index (χ2v) is 4.67. The summed E-state index contributed by atoms with van der Waals surface area (Å²) < 4.78 is 18.4. The van der Waals surface area contributed by atoms with E-state index in [4.69, 9.17) is 10.5 Å². The fraction of sp³-hybridized carbons (Fsp3) is 0.500. The summed E-state index contributed by atoms with van der Waals surface area (Å²) >= 11 is 1.74. The van der Waals surface area contributed by atoms with Gasteiger partial charge in [0.15, 0.2) is 11.6 Å². The quantitative estimate of drug-likeness (QED) is 0.748. The van der Waals surface area contributed by atoms with Crippen LogP contribution in [-0.4, -0.2) is 24.2 Å². The number of para-hydroxylation sites is 1. The van der Waals surface area contributed by atoms with Crippen LogP contribution < -0.4 is 10.5 Å². The SMILES string of the molecule is CCC(N)CSCCOc1ccccc1F. The summed E-state index contributed by atoms with van der Waals surface area (Å²) in [5.74, 6) is 1.78. The van der Waals surface area contributed by atoms with E-state index in [1.807, 2.05) is 0 Å². The molecule has 0 aliphatic rings. The molecule has 0 saturated carbocycles. The van der Waals surface area contributed by atoms with Gasteiger partial charge in [0.25, 0.3) is 0 Å². The second-order valence-electron chi connectivity index (χ2n) is 3.52. The summed E-state index contributed by atoms with van der Waals surface area (Å²) in [5, 5.41) is 0. The minimum absolute atomic E-state index is 0.249. The van der Waals surface area contributed by atoms with Crippen molar-refractivity contribution in [1.29, 1.82) is 0 Å². The molecule has 0 bridgehead atoms. The van der Waals surface area contributed by atoms with Crippen LogP contribution in [0.15, 0.2) is 24.3 Å². The molecule has 1 aromatic carbocycles. The van der Waals surface area contributed by atoms with Gasteiger partial charge in [-0.2, -0.15) is 11.8 Å². The molecule has 0 spiro atoms. The van der Waals surface area contributed by atoms with E-state index < -0.39 is 0 Å². The lowest BCUT2D eigenvalue weighted by atomic mass is 10.3. The molecule has 1 atom stereocenters. The third kappa shape index (κ3) is 4.86. The Morgan fingerprint density at radius 2 is 2.19 bits per heavy atom. The zero-order valence-electron chi connectivity index (χ0n) is 9.49. The van der Waals surface area contributed by atoms with Crippen LogP contribution in [-0.2, 0) is 0 Å². The summed E-state index contributed by atoms with van der Waals surface area (Å²) in [5.41, 5.74) is 5.77. The van der Waals surface area contributed by atoms with Crippen LogP contribution in [0.4, 0.5) is 4.39 Å². The molecule has 1 rings (SSSR count). The Bertz CT molecular complexity index is 309. The number of rotatable bonds is 7. The summed E-state index contributed by atoms with van der Waals surface area (Å²) in [6.07, 6.45) is 0.987. The molecule has 0 aliphatic heterocycles. The van der Waals surface area contributed by atoms with Crippen molar-refractivity contribution in [3.63, 3.8) is 0 Å². The first-order valence-electron chi connectivity index (χ1n) is 5.44. The first-order chi connectivity index (χ1) is 7.74. The van der Waals surface area contributed by atoms with Gasteiger partial charge in [-0.15, -0.1) is 0 Å².